The Hall–Kier alpha value is -2.63. The van der Waals surface area contributed by atoms with Gasteiger partial charge < -0.3 is 10.2 Å². The number of nitrogens with zero attached hydrogens (tertiary/aromatic N) is 1. The molecule has 0 bridgehead atoms. The lowest BCUT2D eigenvalue weighted by Crippen LogP contribution is -2.03. The second kappa shape index (κ2) is 7.32. The van der Waals surface area contributed by atoms with E-state index < -0.39 is 0 Å². The van der Waals surface area contributed by atoms with E-state index in [0.29, 0.717) is 21.2 Å². The van der Waals surface area contributed by atoms with E-state index in [2.05, 4.69) is 0 Å². The van der Waals surface area contributed by atoms with Crippen LogP contribution >= 0.6 is 22.9 Å². The van der Waals surface area contributed by atoms with Crippen molar-refractivity contribution in [3.63, 3.8) is 0 Å². The van der Waals surface area contributed by atoms with Crippen LogP contribution in [0.15, 0.2) is 47.1 Å². The highest BCUT2D eigenvalue weighted by Crippen LogP contribution is 2.44. The number of nitrogen functional groups attached to an aromatic ring is 1. The highest BCUT2D eigenvalue weighted by atomic mass is 35.5. The highest BCUT2D eigenvalue weighted by molar-refractivity contribution is 7.21. The summed E-state index contributed by atoms with van der Waals surface area (Å²) < 4.78 is 5.78. The molecule has 0 radical (unpaired) electrons. The molecule has 0 unspecified atom stereocenters. The van der Waals surface area contributed by atoms with Crippen LogP contribution in [0, 0.1) is 0 Å². The van der Waals surface area contributed by atoms with Gasteiger partial charge in [0.2, 0.25) is 5.78 Å². The normalized spacial score (nSPS) is 14.0. The molecule has 2 N–H and O–H groups in total. The Morgan fingerprint density at radius 3 is 2.66 bits per heavy atom. The highest BCUT2D eigenvalue weighted by Gasteiger charge is 2.26. The van der Waals surface area contributed by atoms with Crippen molar-refractivity contribution in [2.75, 3.05) is 5.73 Å². The number of benzene rings is 1. The van der Waals surface area contributed by atoms with Crippen LogP contribution < -0.4 is 5.73 Å². The zero-order chi connectivity index (χ0) is 20.0. The van der Waals surface area contributed by atoms with Crippen molar-refractivity contribution in [1.82, 2.24) is 4.98 Å². The van der Waals surface area contributed by atoms with Crippen molar-refractivity contribution in [2.45, 2.75) is 32.1 Å². The van der Waals surface area contributed by atoms with Gasteiger partial charge in [0.15, 0.2) is 0 Å². The fourth-order valence-corrected chi connectivity index (χ4v) is 5.29. The predicted molar refractivity (Wildman–Crippen MR) is 118 cm³/mol. The summed E-state index contributed by atoms with van der Waals surface area (Å²) in [6.07, 6.45) is 7.00. The van der Waals surface area contributed by atoms with Gasteiger partial charge in [-0.15, -0.1) is 11.3 Å². The minimum atomic E-state index is -0.109. The summed E-state index contributed by atoms with van der Waals surface area (Å²) in [7, 11) is 0. The Balaban J connectivity index is 1.75. The molecule has 6 heteroatoms. The van der Waals surface area contributed by atoms with E-state index in [-0.39, 0.29) is 5.78 Å². The smallest absolute Gasteiger partial charge is 0.205 e. The number of pyridine rings is 1. The van der Waals surface area contributed by atoms with E-state index in [9.17, 15) is 4.79 Å². The quantitative estimate of drug-likeness (QED) is 0.311. The Bertz CT molecular complexity index is 1210. The van der Waals surface area contributed by atoms with Gasteiger partial charge in [0, 0.05) is 27.2 Å². The summed E-state index contributed by atoms with van der Waals surface area (Å²) >= 11 is 7.33. The fraction of sp³-hybridized carbons (Fsp3) is 0.217. The molecule has 1 aliphatic rings. The number of nitrogens with two attached hydrogens (primary N) is 1. The molecule has 146 valence electrons. The molecule has 29 heavy (non-hydrogen) atoms. The molecule has 0 spiro atoms. The van der Waals surface area contributed by atoms with Crippen LogP contribution in [-0.2, 0) is 12.8 Å². The summed E-state index contributed by atoms with van der Waals surface area (Å²) in [5.41, 5.74) is 10.9. The van der Waals surface area contributed by atoms with Gasteiger partial charge in [0.05, 0.1) is 12.0 Å². The number of anilines is 1. The SMILES string of the molecule is Nc1c(C(=O)c2ccc(Cl)cc2)sc2nc3c(c(-c4ccco4)c12)CCCCC3. The minimum Gasteiger partial charge on any atom is -0.464 e. The molecular weight excluding hydrogens is 404 g/mol. The summed E-state index contributed by atoms with van der Waals surface area (Å²) in [5, 5.41) is 1.43. The number of hydrogen-bond acceptors (Lipinski definition) is 5. The van der Waals surface area contributed by atoms with E-state index in [1.807, 2.05) is 12.1 Å². The van der Waals surface area contributed by atoms with Gasteiger partial charge in [-0.1, -0.05) is 18.0 Å². The number of aromatic nitrogens is 1. The fourth-order valence-electron chi connectivity index (χ4n) is 4.08. The van der Waals surface area contributed by atoms with E-state index in [0.717, 1.165) is 52.9 Å². The lowest BCUT2D eigenvalue weighted by Gasteiger charge is -2.12. The molecule has 0 saturated heterocycles. The first-order chi connectivity index (χ1) is 14.1. The van der Waals surface area contributed by atoms with Gasteiger partial charge in [-0.05, 0) is 67.6 Å². The number of ketones is 1. The van der Waals surface area contributed by atoms with Gasteiger partial charge >= 0.3 is 0 Å². The second-order valence-corrected chi connectivity index (χ2v) is 8.75. The van der Waals surface area contributed by atoms with Crippen LogP contribution in [0.3, 0.4) is 0 Å². The van der Waals surface area contributed by atoms with Crippen molar-refractivity contribution < 1.29 is 9.21 Å². The van der Waals surface area contributed by atoms with Gasteiger partial charge in [0.25, 0.3) is 0 Å². The minimum absolute atomic E-state index is 0.109. The molecule has 0 fully saturated rings. The Kier molecular flexibility index (Phi) is 4.64. The predicted octanol–water partition coefficient (Wildman–Crippen LogP) is 6.29. The molecule has 0 saturated carbocycles. The third kappa shape index (κ3) is 3.15. The number of aryl methyl sites for hydroxylation is 1. The number of furan rings is 1. The number of halogens is 1. The zero-order valence-corrected chi connectivity index (χ0v) is 17.3. The van der Waals surface area contributed by atoms with E-state index in [4.69, 9.17) is 26.7 Å². The Morgan fingerprint density at radius 1 is 1.10 bits per heavy atom. The van der Waals surface area contributed by atoms with Crippen molar-refractivity contribution in [2.24, 2.45) is 0 Å². The third-order valence-electron chi connectivity index (χ3n) is 5.48. The average molecular weight is 423 g/mol. The molecule has 1 aliphatic carbocycles. The van der Waals surface area contributed by atoms with Gasteiger partial charge in [-0.25, -0.2) is 4.98 Å². The average Bonchev–Trinajstić information content (AvgIpc) is 3.29. The maximum absolute atomic E-state index is 13.2. The number of rotatable bonds is 3. The van der Waals surface area contributed by atoms with Crippen molar-refractivity contribution in [3.05, 3.63) is 69.4 Å². The number of hydrogen-bond donors (Lipinski definition) is 1. The van der Waals surface area contributed by atoms with Crippen molar-refractivity contribution in [3.8, 4) is 11.3 Å². The summed E-state index contributed by atoms with van der Waals surface area (Å²) in [6.45, 7) is 0. The monoisotopic (exact) mass is 422 g/mol. The number of carbonyl (C=O) groups excluding carboxylic acids is 1. The largest absolute Gasteiger partial charge is 0.464 e. The third-order valence-corrected chi connectivity index (χ3v) is 6.83. The zero-order valence-electron chi connectivity index (χ0n) is 15.7. The molecule has 0 amide bonds. The summed E-state index contributed by atoms with van der Waals surface area (Å²) in [4.78, 5) is 19.4. The number of fused-ring (bicyclic) bond motifs is 2. The molecule has 3 aromatic heterocycles. The number of thiophene rings is 1. The number of carbonyl (C=O) groups is 1. The Labute approximate surface area is 177 Å². The first-order valence-electron chi connectivity index (χ1n) is 9.71. The van der Waals surface area contributed by atoms with Crippen LogP contribution in [0.25, 0.3) is 21.5 Å². The van der Waals surface area contributed by atoms with Crippen LogP contribution in [0.5, 0.6) is 0 Å². The van der Waals surface area contributed by atoms with Gasteiger partial charge in [0.1, 0.15) is 15.5 Å². The first-order valence-corrected chi connectivity index (χ1v) is 10.9. The van der Waals surface area contributed by atoms with Crippen LogP contribution in [0.1, 0.15) is 45.8 Å². The molecule has 0 aliphatic heterocycles. The summed E-state index contributed by atoms with van der Waals surface area (Å²) in [5.74, 6) is 0.674. The maximum atomic E-state index is 13.2. The topological polar surface area (TPSA) is 69.1 Å². The van der Waals surface area contributed by atoms with Crippen LogP contribution in [0.2, 0.25) is 5.02 Å². The lowest BCUT2D eigenvalue weighted by molar-refractivity contribution is 0.104. The molecule has 4 nitrogen and oxygen atoms in total. The standard InChI is InChI=1S/C23H19ClN2O2S/c24-14-10-8-13(9-11-14)21(27)22-20(25)19-18(17-7-4-12-28-17)15-5-2-1-3-6-16(15)26-23(19)29-22/h4,7-12H,1-3,5-6,25H2. The Morgan fingerprint density at radius 2 is 1.90 bits per heavy atom. The maximum Gasteiger partial charge on any atom is 0.205 e. The van der Waals surface area contributed by atoms with E-state index >= 15 is 0 Å². The molecule has 3 heterocycles. The second-order valence-electron chi connectivity index (χ2n) is 7.31. The van der Waals surface area contributed by atoms with Gasteiger partial charge in [-0.3, -0.25) is 4.79 Å². The van der Waals surface area contributed by atoms with Gasteiger partial charge in [-0.2, -0.15) is 0 Å². The van der Waals surface area contributed by atoms with E-state index in [1.54, 1.807) is 30.5 Å². The first kappa shape index (κ1) is 18.4. The van der Waals surface area contributed by atoms with Crippen LogP contribution in [0.4, 0.5) is 5.69 Å². The summed E-state index contributed by atoms with van der Waals surface area (Å²) in [6, 6.07) is 10.7. The molecule has 4 aromatic rings. The van der Waals surface area contributed by atoms with E-state index in [1.165, 1.54) is 23.3 Å². The lowest BCUT2D eigenvalue weighted by atomic mass is 9.96. The molecular formula is C23H19ClN2O2S. The van der Waals surface area contributed by atoms with Crippen LogP contribution in [-0.4, -0.2) is 10.8 Å². The van der Waals surface area contributed by atoms with Crippen molar-refractivity contribution >= 4 is 44.6 Å². The molecule has 1 aromatic carbocycles. The molecule has 0 atom stereocenters. The molecule has 5 rings (SSSR count). The van der Waals surface area contributed by atoms with Crippen molar-refractivity contribution in [1.29, 1.82) is 0 Å².